The number of hydrazine groups is 1. The van der Waals surface area contributed by atoms with Crippen LogP contribution in [0.15, 0.2) is 77.1 Å². The van der Waals surface area contributed by atoms with E-state index in [-0.39, 0.29) is 0 Å². The number of rotatable bonds is 11. The second kappa shape index (κ2) is 20.8. The number of aromatic nitrogens is 2. The average Bonchev–Trinajstić information content (AvgIpc) is 3.49. The summed E-state index contributed by atoms with van der Waals surface area (Å²) in [6, 6.07) is 14.9. The predicted molar refractivity (Wildman–Crippen MR) is 166 cm³/mol. The summed E-state index contributed by atoms with van der Waals surface area (Å²) < 4.78 is 0. The molecule has 0 bridgehead atoms. The number of hydrogen-bond acceptors (Lipinski definition) is 6. The number of aromatic amines is 1. The molecular weight excluding hydrogens is 502 g/mol. The van der Waals surface area contributed by atoms with Crippen molar-refractivity contribution in [3.63, 3.8) is 0 Å². The Kier molecular flexibility index (Phi) is 17.7. The van der Waals surface area contributed by atoms with Gasteiger partial charge in [-0.3, -0.25) is 4.79 Å². The minimum Gasteiger partial charge on any atom is -0.366 e. The van der Waals surface area contributed by atoms with Gasteiger partial charge in [0.15, 0.2) is 0 Å². The molecule has 1 aliphatic carbocycles. The topological polar surface area (TPSA) is 165 Å². The van der Waals surface area contributed by atoms with Gasteiger partial charge >= 0.3 is 0 Å². The van der Waals surface area contributed by atoms with E-state index in [4.69, 9.17) is 11.6 Å². The van der Waals surface area contributed by atoms with E-state index in [1.165, 1.54) is 29.7 Å². The molecular formula is C31H45N7O2. The number of unbranched alkanes of at least 4 members (excludes halogenated alkanes) is 4. The fourth-order valence-corrected chi connectivity index (χ4v) is 3.98. The number of aldehydes is 1. The number of aryl methyl sites for hydroxylation is 1. The number of allylic oxidation sites excluding steroid dienone is 2. The number of aliphatic imine (C=N–C) groups is 1. The number of fused-ring (bicyclic) bond motifs is 1. The molecule has 2 aromatic carbocycles. The quantitative estimate of drug-likeness (QED) is 0.0560. The van der Waals surface area contributed by atoms with Crippen LogP contribution in [-0.4, -0.2) is 35.5 Å². The van der Waals surface area contributed by atoms with Gasteiger partial charge < -0.3 is 26.7 Å². The van der Waals surface area contributed by atoms with Crippen molar-refractivity contribution in [2.75, 3.05) is 7.05 Å². The zero-order chi connectivity index (χ0) is 29.6. The smallest absolute Gasteiger partial charge is 0.250 e. The van der Waals surface area contributed by atoms with E-state index < -0.39 is 5.91 Å². The van der Waals surface area contributed by atoms with Crippen LogP contribution < -0.4 is 22.7 Å². The second-order valence-corrected chi connectivity index (χ2v) is 8.50. The maximum Gasteiger partial charge on any atom is 0.250 e. The van der Waals surface area contributed by atoms with E-state index in [9.17, 15) is 9.59 Å². The Labute approximate surface area is 238 Å². The third kappa shape index (κ3) is 11.8. The molecule has 40 heavy (non-hydrogen) atoms. The van der Waals surface area contributed by atoms with E-state index in [1.807, 2.05) is 26.1 Å². The molecule has 1 aliphatic rings. The first-order valence-corrected chi connectivity index (χ1v) is 13.9. The van der Waals surface area contributed by atoms with Crippen LogP contribution in [0.25, 0.3) is 22.0 Å². The van der Waals surface area contributed by atoms with Crippen LogP contribution in [0, 0.1) is 0 Å². The zero-order valence-corrected chi connectivity index (χ0v) is 24.0. The van der Waals surface area contributed by atoms with Gasteiger partial charge in [0.05, 0.1) is 23.2 Å². The number of H-pyrrole nitrogens is 1. The normalized spacial score (nSPS) is 12.0. The average molecular weight is 548 g/mol. The van der Waals surface area contributed by atoms with Crippen molar-refractivity contribution >= 4 is 29.3 Å². The van der Waals surface area contributed by atoms with Crippen molar-refractivity contribution in [3.8, 4) is 11.3 Å². The number of amides is 1. The fraction of sp³-hybridized carbons (Fsp3) is 0.355. The Morgan fingerprint density at radius 3 is 2.42 bits per heavy atom. The Balaban J connectivity index is 0.000000401. The monoisotopic (exact) mass is 547 g/mol. The van der Waals surface area contributed by atoms with Crippen molar-refractivity contribution in [1.29, 1.82) is 0 Å². The number of hydrogen-bond donors (Lipinski definition) is 5. The van der Waals surface area contributed by atoms with Gasteiger partial charge in [-0.15, -0.1) is 0 Å². The lowest BCUT2D eigenvalue weighted by Crippen LogP contribution is -2.20. The van der Waals surface area contributed by atoms with Crippen LogP contribution in [0.4, 0.5) is 0 Å². The minimum atomic E-state index is -0.458. The van der Waals surface area contributed by atoms with Crippen molar-refractivity contribution in [2.24, 2.45) is 22.3 Å². The number of benzene rings is 2. The molecule has 3 aromatic rings. The number of carbonyl (C=O) groups is 2. The molecule has 1 heterocycles. The molecule has 0 aliphatic heterocycles. The third-order valence-corrected chi connectivity index (χ3v) is 5.85. The summed E-state index contributed by atoms with van der Waals surface area (Å²) in [5, 5.41) is 2.50. The highest BCUT2D eigenvalue weighted by molar-refractivity contribution is 5.97. The molecule has 0 saturated heterocycles. The number of nitrogens with one attached hydrogen (secondary N) is 2. The molecule has 0 radical (unpaired) electrons. The Bertz CT molecular complexity index is 1250. The Hall–Kier alpha value is -4.08. The standard InChI is InChI=1S/C20H22N2O.C8H12N4O.C2H6.CH5N/c23-13-7-3-1-2-4-10-20-21-15-19(22-20)18-12-11-16-8-5-6-9-17(16)14-18;9-8(13)6-3-1-2-4-7(6)11-5-12-10;2*1-2/h5-6,8-9,11-15H,1-4,7,10H2,(H,21,22);3-5H,1-2,10H2,(H2,9,13)(H,11,12);1-2H3;2H2,1H3. The molecule has 1 aromatic heterocycles. The predicted octanol–water partition coefficient (Wildman–Crippen LogP) is 5.09. The molecule has 9 heteroatoms. The molecule has 0 spiro atoms. The first-order valence-electron chi connectivity index (χ1n) is 13.9. The zero-order valence-electron chi connectivity index (χ0n) is 24.0. The summed E-state index contributed by atoms with van der Waals surface area (Å²) in [6.45, 7) is 4.00. The van der Waals surface area contributed by atoms with Gasteiger partial charge in [0.25, 0.3) is 5.91 Å². The molecule has 0 unspecified atom stereocenters. The van der Waals surface area contributed by atoms with Gasteiger partial charge in [0.2, 0.25) is 0 Å². The fourth-order valence-electron chi connectivity index (χ4n) is 3.98. The van der Waals surface area contributed by atoms with Crippen LogP contribution in [-0.2, 0) is 16.0 Å². The van der Waals surface area contributed by atoms with Crippen LogP contribution in [0.1, 0.15) is 64.6 Å². The van der Waals surface area contributed by atoms with Crippen LogP contribution in [0.2, 0.25) is 0 Å². The van der Waals surface area contributed by atoms with Crippen LogP contribution >= 0.6 is 0 Å². The molecule has 0 saturated carbocycles. The lowest BCUT2D eigenvalue weighted by atomic mass is 10.0. The Morgan fingerprint density at radius 1 is 1.02 bits per heavy atom. The minimum absolute atomic E-state index is 0.456. The molecule has 1 amide bonds. The van der Waals surface area contributed by atoms with Crippen molar-refractivity contribution < 1.29 is 9.59 Å². The van der Waals surface area contributed by atoms with Crippen molar-refractivity contribution in [2.45, 2.75) is 65.2 Å². The van der Waals surface area contributed by atoms with Crippen LogP contribution in [0.5, 0.6) is 0 Å². The largest absolute Gasteiger partial charge is 0.366 e. The summed E-state index contributed by atoms with van der Waals surface area (Å²) >= 11 is 0. The van der Waals surface area contributed by atoms with Gasteiger partial charge in [0, 0.05) is 18.4 Å². The van der Waals surface area contributed by atoms with Crippen LogP contribution in [0.3, 0.4) is 0 Å². The highest BCUT2D eigenvalue weighted by Crippen LogP contribution is 2.23. The summed E-state index contributed by atoms with van der Waals surface area (Å²) in [5.74, 6) is 5.59. The Morgan fingerprint density at radius 2 is 1.73 bits per heavy atom. The number of nitrogens with two attached hydrogens (primary N) is 3. The van der Waals surface area contributed by atoms with Gasteiger partial charge in [-0.1, -0.05) is 75.2 Å². The molecule has 0 fully saturated rings. The lowest BCUT2D eigenvalue weighted by Gasteiger charge is -2.08. The summed E-state index contributed by atoms with van der Waals surface area (Å²) in [5.41, 5.74) is 15.2. The van der Waals surface area contributed by atoms with Gasteiger partial charge in [0.1, 0.15) is 18.4 Å². The van der Waals surface area contributed by atoms with E-state index in [0.29, 0.717) is 17.7 Å². The maximum absolute atomic E-state index is 10.9. The summed E-state index contributed by atoms with van der Waals surface area (Å²) in [7, 11) is 1.50. The molecule has 0 atom stereocenters. The first kappa shape index (κ1) is 33.9. The number of imidazole rings is 1. The summed E-state index contributed by atoms with van der Waals surface area (Å²) in [6.07, 6.45) is 15.6. The number of nitrogens with zero attached hydrogens (tertiary/aromatic N) is 2. The molecule has 4 rings (SSSR count). The van der Waals surface area contributed by atoms with Gasteiger partial charge in [-0.2, -0.15) is 0 Å². The second-order valence-electron chi connectivity index (χ2n) is 8.50. The third-order valence-electron chi connectivity index (χ3n) is 5.85. The lowest BCUT2D eigenvalue weighted by molar-refractivity contribution is -0.114. The van der Waals surface area contributed by atoms with Crippen molar-refractivity contribution in [1.82, 2.24) is 15.4 Å². The maximum atomic E-state index is 10.9. The van der Waals surface area contributed by atoms with E-state index in [1.54, 1.807) is 6.08 Å². The number of carbonyl (C=O) groups excluding carboxylic acids is 2. The molecule has 216 valence electrons. The highest BCUT2D eigenvalue weighted by Gasteiger charge is 2.12. The van der Waals surface area contributed by atoms with Gasteiger partial charge in [-0.25, -0.2) is 15.8 Å². The highest BCUT2D eigenvalue weighted by atomic mass is 16.1. The first-order chi connectivity index (χ1) is 19.6. The van der Waals surface area contributed by atoms with E-state index in [2.05, 4.69) is 68.6 Å². The van der Waals surface area contributed by atoms with Gasteiger partial charge in [-0.05, 0) is 49.6 Å². The summed E-state index contributed by atoms with van der Waals surface area (Å²) in [4.78, 5) is 33.0. The van der Waals surface area contributed by atoms with E-state index >= 15 is 0 Å². The molecule has 8 N–H and O–H groups in total. The van der Waals surface area contributed by atoms with E-state index in [0.717, 1.165) is 62.8 Å². The number of primary amides is 1. The molecule has 9 nitrogen and oxygen atoms in total. The van der Waals surface area contributed by atoms with Crippen molar-refractivity contribution in [3.05, 3.63) is 77.9 Å². The SMILES string of the molecule is CC.CN.NNC=NC1=CCCC=C1C(N)=O.O=CCCCCCCc1ncc(-c2ccc3ccccc3c2)[nH]1.